The number of nitrogens with zero attached hydrogens (tertiary/aromatic N) is 1. The summed E-state index contributed by atoms with van der Waals surface area (Å²) in [6, 6.07) is 11.8. The largest absolute Gasteiger partial charge is 0.354 e. The summed E-state index contributed by atoms with van der Waals surface area (Å²) in [7, 11) is 1.60. The van der Waals surface area contributed by atoms with Gasteiger partial charge in [0.15, 0.2) is 12.4 Å². The second kappa shape index (κ2) is 6.72. The molecule has 0 aliphatic rings. The molecule has 0 radical (unpaired) electrons. The average molecular weight is 329 g/mol. The van der Waals surface area contributed by atoms with Crippen LogP contribution in [0.3, 0.4) is 0 Å². The van der Waals surface area contributed by atoms with Crippen molar-refractivity contribution in [3.63, 3.8) is 0 Å². The lowest BCUT2D eigenvalue weighted by Gasteiger charge is -2.00. The number of nitrogens with two attached hydrogens (primary N) is 1. The van der Waals surface area contributed by atoms with Crippen molar-refractivity contribution in [3.05, 3.63) is 52.6 Å². The van der Waals surface area contributed by atoms with Gasteiger partial charge in [0.2, 0.25) is 0 Å². The van der Waals surface area contributed by atoms with Crippen LogP contribution in [0.25, 0.3) is 20.7 Å². The van der Waals surface area contributed by atoms with Gasteiger partial charge in [0, 0.05) is 11.9 Å². The van der Waals surface area contributed by atoms with Gasteiger partial charge < -0.3 is 15.6 Å². The summed E-state index contributed by atoms with van der Waals surface area (Å²) in [4.78, 5) is 32.5. The zero-order chi connectivity index (χ0) is 16.2. The Morgan fingerprint density at radius 2 is 2.13 bits per heavy atom. The number of carbonyl (C=O) groups is 1. The number of amides is 1. The molecule has 0 atom stereocenters. The highest BCUT2D eigenvalue weighted by molar-refractivity contribution is 7.21. The lowest BCUT2D eigenvalue weighted by atomic mass is 10.2. The van der Waals surface area contributed by atoms with Crippen LogP contribution in [0.2, 0.25) is 0 Å². The van der Waals surface area contributed by atoms with Crippen LogP contribution >= 0.6 is 11.3 Å². The van der Waals surface area contributed by atoms with E-state index in [4.69, 9.17) is 0 Å². The molecule has 4 N–H and O–H groups in total. The van der Waals surface area contributed by atoms with Crippen LogP contribution in [-0.2, 0) is 11.3 Å². The molecule has 0 fully saturated rings. The van der Waals surface area contributed by atoms with Gasteiger partial charge in [-0.3, -0.25) is 9.59 Å². The number of fused-ring (bicyclic) bond motifs is 1. The Labute approximate surface area is 136 Å². The number of aromatic nitrogens is 2. The summed E-state index contributed by atoms with van der Waals surface area (Å²) < 4.78 is 0. The summed E-state index contributed by atoms with van der Waals surface area (Å²) in [5.74, 6) is 0.517. The fourth-order valence-electron chi connectivity index (χ4n) is 2.26. The van der Waals surface area contributed by atoms with Crippen LogP contribution < -0.4 is 16.2 Å². The number of carbonyl (C=O) groups excluding carboxylic acids is 1. The van der Waals surface area contributed by atoms with Gasteiger partial charge in [-0.05, 0) is 11.6 Å². The highest BCUT2D eigenvalue weighted by Gasteiger charge is 2.11. The fraction of sp³-hybridized carbons (Fsp3) is 0.188. The summed E-state index contributed by atoms with van der Waals surface area (Å²) in [6.07, 6.45) is 0. The lowest BCUT2D eigenvalue weighted by Crippen LogP contribution is -2.85. The first kappa shape index (κ1) is 15.4. The van der Waals surface area contributed by atoms with E-state index in [1.54, 1.807) is 12.4 Å². The molecule has 3 aromatic rings. The minimum absolute atomic E-state index is 0.0593. The van der Waals surface area contributed by atoms with Crippen molar-refractivity contribution < 1.29 is 10.1 Å². The second-order valence-electron chi connectivity index (χ2n) is 5.08. The van der Waals surface area contributed by atoms with E-state index in [1.807, 2.05) is 36.4 Å². The van der Waals surface area contributed by atoms with E-state index in [2.05, 4.69) is 15.3 Å². The number of nitrogens with one attached hydrogen (secondary N) is 2. The van der Waals surface area contributed by atoms with E-state index in [1.165, 1.54) is 11.3 Å². The molecular formula is C16H17N4O2S+. The highest BCUT2D eigenvalue weighted by atomic mass is 32.1. The molecule has 1 aromatic carbocycles. The summed E-state index contributed by atoms with van der Waals surface area (Å²) in [6.45, 7) is 0.759. The third-order valence-corrected chi connectivity index (χ3v) is 4.53. The van der Waals surface area contributed by atoms with Crippen molar-refractivity contribution in [1.82, 2.24) is 15.3 Å². The Morgan fingerprint density at radius 3 is 2.87 bits per heavy atom. The Kier molecular flexibility index (Phi) is 4.50. The normalized spacial score (nSPS) is 10.8. The molecule has 118 valence electrons. The highest BCUT2D eigenvalue weighted by Crippen LogP contribution is 2.30. The SMILES string of the molecule is CNC(=O)C[NH2+]Cc1nc2sc(-c3ccccc3)cc2c(=O)[nH]1. The molecule has 6 nitrogen and oxygen atoms in total. The first-order chi connectivity index (χ1) is 11.2. The fourth-order valence-corrected chi connectivity index (χ4v) is 3.32. The van der Waals surface area contributed by atoms with Gasteiger partial charge in [-0.15, -0.1) is 11.3 Å². The molecule has 7 heteroatoms. The minimum atomic E-state index is -0.142. The molecule has 23 heavy (non-hydrogen) atoms. The van der Waals surface area contributed by atoms with Gasteiger partial charge in [-0.2, -0.15) is 0 Å². The minimum Gasteiger partial charge on any atom is -0.354 e. The maximum atomic E-state index is 12.2. The maximum absolute atomic E-state index is 12.2. The Hall–Kier alpha value is -2.51. The van der Waals surface area contributed by atoms with Gasteiger partial charge in [-0.1, -0.05) is 30.3 Å². The topological polar surface area (TPSA) is 91.5 Å². The number of thiophene rings is 1. The van der Waals surface area contributed by atoms with Crippen molar-refractivity contribution in [1.29, 1.82) is 0 Å². The number of aromatic amines is 1. The predicted octanol–water partition coefficient (Wildman–Crippen LogP) is 0.461. The lowest BCUT2D eigenvalue weighted by molar-refractivity contribution is -0.661. The van der Waals surface area contributed by atoms with E-state index in [0.29, 0.717) is 24.3 Å². The quantitative estimate of drug-likeness (QED) is 0.635. The van der Waals surface area contributed by atoms with E-state index in [0.717, 1.165) is 15.3 Å². The van der Waals surface area contributed by atoms with E-state index in [9.17, 15) is 9.59 Å². The third-order valence-electron chi connectivity index (χ3n) is 3.46. The molecule has 0 saturated heterocycles. The van der Waals surface area contributed by atoms with Crippen molar-refractivity contribution in [2.45, 2.75) is 6.54 Å². The van der Waals surface area contributed by atoms with Crippen LogP contribution in [0.15, 0.2) is 41.2 Å². The molecule has 2 heterocycles. The van der Waals surface area contributed by atoms with Crippen molar-refractivity contribution in [2.75, 3.05) is 13.6 Å². The van der Waals surface area contributed by atoms with E-state index < -0.39 is 0 Å². The Morgan fingerprint density at radius 1 is 1.35 bits per heavy atom. The van der Waals surface area contributed by atoms with Gasteiger partial charge >= 0.3 is 0 Å². The average Bonchev–Trinajstić information content (AvgIpc) is 3.00. The Bertz CT molecular complexity index is 886. The summed E-state index contributed by atoms with van der Waals surface area (Å²) in [5.41, 5.74) is 0.930. The zero-order valence-corrected chi connectivity index (χ0v) is 13.4. The number of likely N-dealkylation sites (N-methyl/N-ethyl adjacent to an activating group) is 1. The first-order valence-electron chi connectivity index (χ1n) is 7.28. The molecule has 0 aliphatic carbocycles. The van der Waals surface area contributed by atoms with Gasteiger partial charge in [0.25, 0.3) is 11.5 Å². The van der Waals surface area contributed by atoms with Gasteiger partial charge in [0.1, 0.15) is 11.4 Å². The Balaban J connectivity index is 1.86. The zero-order valence-electron chi connectivity index (χ0n) is 12.6. The molecule has 0 unspecified atom stereocenters. The van der Waals surface area contributed by atoms with Crippen LogP contribution in [0, 0.1) is 0 Å². The number of H-pyrrole nitrogens is 1. The molecule has 0 aliphatic heterocycles. The monoisotopic (exact) mass is 329 g/mol. The van der Waals surface area contributed by atoms with E-state index >= 15 is 0 Å². The maximum Gasteiger partial charge on any atom is 0.274 e. The number of hydrogen-bond donors (Lipinski definition) is 3. The summed E-state index contributed by atoms with van der Waals surface area (Å²) >= 11 is 1.50. The summed E-state index contributed by atoms with van der Waals surface area (Å²) in [5, 5.41) is 4.95. The smallest absolute Gasteiger partial charge is 0.274 e. The number of hydrogen-bond acceptors (Lipinski definition) is 4. The number of quaternary nitrogens is 1. The van der Waals surface area contributed by atoms with Crippen LogP contribution in [0.5, 0.6) is 0 Å². The molecule has 0 spiro atoms. The molecule has 0 bridgehead atoms. The molecule has 1 amide bonds. The van der Waals surface area contributed by atoms with E-state index in [-0.39, 0.29) is 11.5 Å². The van der Waals surface area contributed by atoms with Crippen molar-refractivity contribution in [3.8, 4) is 10.4 Å². The molecular weight excluding hydrogens is 312 g/mol. The van der Waals surface area contributed by atoms with Gasteiger partial charge in [0.05, 0.1) is 5.39 Å². The predicted molar refractivity (Wildman–Crippen MR) is 90.2 cm³/mol. The number of rotatable bonds is 5. The van der Waals surface area contributed by atoms with Crippen molar-refractivity contribution >= 4 is 27.5 Å². The third kappa shape index (κ3) is 3.46. The second-order valence-corrected chi connectivity index (χ2v) is 6.11. The van der Waals surface area contributed by atoms with Crippen LogP contribution in [-0.4, -0.2) is 29.5 Å². The number of benzene rings is 1. The van der Waals surface area contributed by atoms with Crippen LogP contribution in [0.4, 0.5) is 0 Å². The van der Waals surface area contributed by atoms with Gasteiger partial charge in [-0.25, -0.2) is 4.98 Å². The van der Waals surface area contributed by atoms with Crippen molar-refractivity contribution in [2.24, 2.45) is 0 Å². The molecule has 2 aromatic heterocycles. The van der Waals surface area contributed by atoms with Crippen LogP contribution in [0.1, 0.15) is 5.82 Å². The first-order valence-corrected chi connectivity index (χ1v) is 8.09. The molecule has 3 rings (SSSR count). The standard InChI is InChI=1S/C16H16N4O2S/c1-17-14(21)9-18-8-13-19-15(22)11-7-12(23-16(11)20-13)10-5-3-2-4-6-10/h2-7,18H,8-9H2,1H3,(H,17,21)(H,19,20,22)/p+1. The molecule has 0 saturated carbocycles.